The van der Waals surface area contributed by atoms with Gasteiger partial charge in [-0.1, -0.05) is 0 Å². The Labute approximate surface area is 94.4 Å². The van der Waals surface area contributed by atoms with Gasteiger partial charge in [-0.05, 0) is 6.42 Å². The summed E-state index contributed by atoms with van der Waals surface area (Å²) in [7, 11) is 1.36. The van der Waals surface area contributed by atoms with E-state index in [2.05, 4.69) is 10.1 Å². The highest BCUT2D eigenvalue weighted by Crippen LogP contribution is 2.13. The molecule has 1 aliphatic rings. The Morgan fingerprint density at radius 1 is 1.47 bits per heavy atom. The minimum Gasteiger partial charge on any atom is -0.475 e. The number of aliphatic hydroxyl groups is 1. The second-order valence-corrected chi connectivity index (χ2v) is 3.16. The molecule has 0 aliphatic carbocycles. The van der Waals surface area contributed by atoms with Crippen LogP contribution in [-0.2, 0) is 14.3 Å². The molecule has 0 unspecified atom stereocenters. The molecule has 2 atom stereocenters. The van der Waals surface area contributed by atoms with Gasteiger partial charge in [0, 0.05) is 6.04 Å². The van der Waals surface area contributed by atoms with Crippen LogP contribution in [0.3, 0.4) is 0 Å². The number of nitrogens with one attached hydrogen (secondary N) is 1. The summed E-state index contributed by atoms with van der Waals surface area (Å²) in [6.45, 7) is 0.0908. The Morgan fingerprint density at radius 2 is 1.88 bits per heavy atom. The minimum absolute atomic E-state index is 0.0871. The lowest BCUT2D eigenvalue weighted by Gasteiger charge is -2.33. The van der Waals surface area contributed by atoms with E-state index in [1.807, 2.05) is 0 Å². The number of aliphatic hydroxyl groups excluding tert-OH is 1. The van der Waals surface area contributed by atoms with Crippen molar-refractivity contribution in [3.05, 3.63) is 0 Å². The van der Waals surface area contributed by atoms with Gasteiger partial charge in [0.1, 0.15) is 6.04 Å². The first-order valence-electron chi connectivity index (χ1n) is 4.47. The maximum Gasteiger partial charge on any atom is 0.490 e. The van der Waals surface area contributed by atoms with Crippen LogP contribution >= 0.6 is 0 Å². The molecule has 1 saturated heterocycles. The van der Waals surface area contributed by atoms with Gasteiger partial charge in [-0.3, -0.25) is 10.1 Å². The van der Waals surface area contributed by atoms with Gasteiger partial charge < -0.3 is 14.9 Å². The molecule has 1 heterocycles. The SMILES string of the molecule is COC(=O)[C@@H]1C[C@H](CO)N1.O=C(O)C(F)(F)F. The summed E-state index contributed by atoms with van der Waals surface area (Å²) in [6, 6.07) is -0.105. The number of carbonyl (C=O) groups excluding carboxylic acids is 1. The van der Waals surface area contributed by atoms with Crippen molar-refractivity contribution in [1.29, 1.82) is 0 Å². The van der Waals surface area contributed by atoms with Crippen molar-refractivity contribution in [2.24, 2.45) is 0 Å². The average molecular weight is 259 g/mol. The molecule has 0 bridgehead atoms. The van der Waals surface area contributed by atoms with E-state index in [1.54, 1.807) is 0 Å². The van der Waals surface area contributed by atoms with Crippen LogP contribution in [0.1, 0.15) is 6.42 Å². The molecule has 0 aromatic carbocycles. The first-order valence-corrected chi connectivity index (χ1v) is 4.47. The number of aliphatic carboxylic acids is 1. The van der Waals surface area contributed by atoms with E-state index in [0.717, 1.165) is 0 Å². The van der Waals surface area contributed by atoms with Gasteiger partial charge in [-0.15, -0.1) is 0 Å². The maximum atomic E-state index is 10.7. The molecule has 100 valence electrons. The first kappa shape index (κ1) is 15.7. The van der Waals surface area contributed by atoms with Crippen LogP contribution in [0.2, 0.25) is 0 Å². The zero-order valence-corrected chi connectivity index (χ0v) is 8.82. The van der Waals surface area contributed by atoms with Gasteiger partial charge in [0.05, 0.1) is 13.7 Å². The lowest BCUT2D eigenvalue weighted by molar-refractivity contribution is -0.192. The number of carboxylic acids is 1. The van der Waals surface area contributed by atoms with E-state index in [4.69, 9.17) is 15.0 Å². The van der Waals surface area contributed by atoms with Crippen LogP contribution in [0.15, 0.2) is 0 Å². The highest BCUT2D eigenvalue weighted by atomic mass is 19.4. The molecule has 0 saturated carbocycles. The monoisotopic (exact) mass is 259 g/mol. The Balaban J connectivity index is 0.000000325. The summed E-state index contributed by atoms with van der Waals surface area (Å²) >= 11 is 0. The number of carboxylic acid groups (broad SMARTS) is 1. The van der Waals surface area contributed by atoms with Crippen molar-refractivity contribution >= 4 is 11.9 Å². The number of methoxy groups -OCH3 is 1. The molecule has 9 heteroatoms. The second kappa shape index (κ2) is 6.40. The van der Waals surface area contributed by atoms with E-state index in [0.29, 0.717) is 6.42 Å². The summed E-state index contributed by atoms with van der Waals surface area (Å²) in [5.74, 6) is -3.00. The molecule has 6 nitrogen and oxygen atoms in total. The molecule has 0 aromatic rings. The summed E-state index contributed by atoms with van der Waals surface area (Å²) in [5, 5.41) is 18.5. The van der Waals surface area contributed by atoms with E-state index < -0.39 is 12.1 Å². The van der Waals surface area contributed by atoms with Crippen molar-refractivity contribution in [3.63, 3.8) is 0 Å². The second-order valence-electron chi connectivity index (χ2n) is 3.16. The number of hydrogen-bond donors (Lipinski definition) is 3. The number of alkyl halides is 3. The van der Waals surface area contributed by atoms with E-state index in [9.17, 15) is 18.0 Å². The van der Waals surface area contributed by atoms with Gasteiger partial charge in [0.25, 0.3) is 0 Å². The van der Waals surface area contributed by atoms with Gasteiger partial charge >= 0.3 is 18.1 Å². The van der Waals surface area contributed by atoms with Gasteiger partial charge in [0.2, 0.25) is 0 Å². The van der Waals surface area contributed by atoms with Gasteiger partial charge in [-0.25, -0.2) is 4.79 Å². The summed E-state index contributed by atoms with van der Waals surface area (Å²) in [6.07, 6.45) is -4.40. The highest BCUT2D eigenvalue weighted by Gasteiger charge is 2.38. The molecule has 1 rings (SSSR count). The summed E-state index contributed by atoms with van der Waals surface area (Å²) in [4.78, 5) is 19.6. The van der Waals surface area contributed by atoms with Crippen molar-refractivity contribution in [3.8, 4) is 0 Å². The molecule has 17 heavy (non-hydrogen) atoms. The zero-order chi connectivity index (χ0) is 13.6. The van der Waals surface area contributed by atoms with Crippen LogP contribution in [0.4, 0.5) is 13.2 Å². The molecule has 0 radical (unpaired) electrons. The quantitative estimate of drug-likeness (QED) is 0.579. The Kier molecular flexibility index (Phi) is 5.89. The van der Waals surface area contributed by atoms with Crippen molar-refractivity contribution in [2.45, 2.75) is 24.7 Å². The predicted octanol–water partition coefficient (Wildman–Crippen LogP) is -0.484. The normalized spacial score (nSPS) is 22.9. The number of halogens is 3. The molecular weight excluding hydrogens is 247 g/mol. The number of hydrogen-bond acceptors (Lipinski definition) is 5. The Bertz CT molecular complexity index is 275. The van der Waals surface area contributed by atoms with Crippen molar-refractivity contribution < 1.29 is 37.7 Å². The molecular formula is C8H12F3NO5. The molecule has 0 spiro atoms. The van der Waals surface area contributed by atoms with Gasteiger partial charge in [0.15, 0.2) is 0 Å². The predicted molar refractivity (Wildman–Crippen MR) is 48.1 cm³/mol. The molecule has 3 N–H and O–H groups in total. The number of carbonyl (C=O) groups is 2. The lowest BCUT2D eigenvalue weighted by Crippen LogP contribution is -2.58. The smallest absolute Gasteiger partial charge is 0.475 e. The molecule has 0 amide bonds. The highest BCUT2D eigenvalue weighted by molar-refractivity contribution is 5.76. The van der Waals surface area contributed by atoms with Crippen LogP contribution in [-0.4, -0.2) is 54.1 Å². The third kappa shape index (κ3) is 5.50. The summed E-state index contributed by atoms with van der Waals surface area (Å²) in [5.41, 5.74) is 0. The fraction of sp³-hybridized carbons (Fsp3) is 0.750. The molecule has 1 fully saturated rings. The fourth-order valence-corrected chi connectivity index (χ4v) is 0.978. The fourth-order valence-electron chi connectivity index (χ4n) is 0.978. The first-order chi connectivity index (χ1) is 7.72. The Hall–Kier alpha value is -1.35. The van der Waals surface area contributed by atoms with Crippen LogP contribution in [0, 0.1) is 0 Å². The number of rotatable bonds is 2. The molecule has 1 aliphatic heterocycles. The third-order valence-corrected chi connectivity index (χ3v) is 1.91. The van der Waals surface area contributed by atoms with Crippen molar-refractivity contribution in [2.75, 3.05) is 13.7 Å². The molecule has 0 aromatic heterocycles. The van der Waals surface area contributed by atoms with Crippen LogP contribution in [0.5, 0.6) is 0 Å². The Morgan fingerprint density at radius 3 is 2.12 bits per heavy atom. The average Bonchev–Trinajstić information content (AvgIpc) is 2.15. The van der Waals surface area contributed by atoms with Crippen LogP contribution < -0.4 is 5.32 Å². The number of esters is 1. The number of ether oxygens (including phenoxy) is 1. The lowest BCUT2D eigenvalue weighted by atomic mass is 9.98. The minimum atomic E-state index is -5.08. The van der Waals surface area contributed by atoms with E-state index in [1.165, 1.54) is 7.11 Å². The standard InChI is InChI=1S/C6H11NO3.C2HF3O2/c1-10-6(9)5-2-4(3-8)7-5;3-2(4,5)1(6)7/h4-5,7-8H,2-3H2,1H3;(H,6,7)/t4-,5+;/m1./s1. The van der Waals surface area contributed by atoms with Crippen LogP contribution in [0.25, 0.3) is 0 Å². The van der Waals surface area contributed by atoms with E-state index in [-0.39, 0.29) is 24.7 Å². The summed E-state index contributed by atoms with van der Waals surface area (Å²) < 4.78 is 36.2. The zero-order valence-electron chi connectivity index (χ0n) is 8.82. The topological polar surface area (TPSA) is 95.9 Å². The third-order valence-electron chi connectivity index (χ3n) is 1.91. The van der Waals surface area contributed by atoms with E-state index >= 15 is 0 Å². The maximum absolute atomic E-state index is 10.7. The largest absolute Gasteiger partial charge is 0.490 e. The van der Waals surface area contributed by atoms with Gasteiger partial charge in [-0.2, -0.15) is 13.2 Å². The van der Waals surface area contributed by atoms with Crippen molar-refractivity contribution in [1.82, 2.24) is 5.32 Å².